The van der Waals surface area contributed by atoms with Crippen molar-refractivity contribution >= 4 is 40.6 Å². The fourth-order valence-electron chi connectivity index (χ4n) is 5.55. The number of carbonyl (C=O) groups excluding carboxylic acids is 2. The van der Waals surface area contributed by atoms with Crippen molar-refractivity contribution in [2.45, 2.75) is 66.2 Å². The third kappa shape index (κ3) is 7.28. The molecule has 0 saturated carbocycles. The second-order valence-corrected chi connectivity index (χ2v) is 12.1. The van der Waals surface area contributed by atoms with E-state index in [1.54, 1.807) is 31.2 Å². The molecule has 3 aromatic rings. The van der Waals surface area contributed by atoms with E-state index >= 15 is 0 Å². The third-order valence-corrected chi connectivity index (χ3v) is 7.47. The Morgan fingerprint density at radius 3 is 2.42 bits per heavy atom. The lowest BCUT2D eigenvalue weighted by atomic mass is 10.0. The van der Waals surface area contributed by atoms with Crippen LogP contribution in [0, 0.1) is 6.92 Å². The zero-order chi connectivity index (χ0) is 33.1. The number of fused-ring (bicyclic) bond motifs is 1. The van der Waals surface area contributed by atoms with Gasteiger partial charge in [-0.25, -0.2) is 19.6 Å². The molecule has 2 N–H and O–H groups in total. The molecule has 45 heavy (non-hydrogen) atoms. The molecule has 1 amide bonds. The summed E-state index contributed by atoms with van der Waals surface area (Å²) >= 11 is 0. The van der Waals surface area contributed by atoms with Crippen molar-refractivity contribution in [3.63, 3.8) is 0 Å². The molecule has 12 heteroatoms. The number of esters is 1. The minimum absolute atomic E-state index is 0.0196. The summed E-state index contributed by atoms with van der Waals surface area (Å²) in [7, 11) is 3.18. The van der Waals surface area contributed by atoms with Gasteiger partial charge in [-0.05, 0) is 72.7 Å². The van der Waals surface area contributed by atoms with Gasteiger partial charge in [0.1, 0.15) is 11.4 Å². The summed E-state index contributed by atoms with van der Waals surface area (Å²) in [4.78, 5) is 44.0. The van der Waals surface area contributed by atoms with E-state index < -0.39 is 11.6 Å². The van der Waals surface area contributed by atoms with Crippen LogP contribution in [0.4, 0.5) is 16.2 Å². The number of amides is 1. The molecule has 0 bridgehead atoms. The number of hydrogen-bond donors (Lipinski definition) is 1. The Bertz CT molecular complexity index is 1590. The van der Waals surface area contributed by atoms with Crippen molar-refractivity contribution in [1.82, 2.24) is 14.9 Å². The number of carbonyl (C=O) groups is 2. The molecule has 0 radical (unpaired) electrons. The van der Waals surface area contributed by atoms with Gasteiger partial charge in [0.05, 0.1) is 29.8 Å². The zero-order valence-corrected chi connectivity index (χ0v) is 27.6. The topological polar surface area (TPSA) is 142 Å². The van der Waals surface area contributed by atoms with E-state index in [1.807, 2.05) is 59.7 Å². The first-order valence-corrected chi connectivity index (χ1v) is 15.0. The third-order valence-electron chi connectivity index (χ3n) is 7.47. The number of hydrogen-bond acceptors (Lipinski definition) is 11. The highest BCUT2D eigenvalue weighted by Crippen LogP contribution is 2.38. The van der Waals surface area contributed by atoms with Gasteiger partial charge in [-0.1, -0.05) is 0 Å². The van der Waals surface area contributed by atoms with Gasteiger partial charge >= 0.3 is 12.1 Å². The van der Waals surface area contributed by atoms with E-state index in [1.165, 1.54) is 7.11 Å². The van der Waals surface area contributed by atoms with Crippen LogP contribution >= 0.6 is 0 Å². The predicted molar refractivity (Wildman–Crippen MR) is 175 cm³/mol. The molecule has 242 valence electrons. The van der Waals surface area contributed by atoms with E-state index in [-0.39, 0.29) is 43.1 Å². The van der Waals surface area contributed by atoms with Gasteiger partial charge in [-0.2, -0.15) is 0 Å². The number of aromatic nitrogens is 2. The largest absolute Gasteiger partial charge is 0.466 e. The Balaban J connectivity index is 1.80. The molecule has 1 aliphatic rings. The van der Waals surface area contributed by atoms with Crippen molar-refractivity contribution in [1.29, 1.82) is 0 Å². The van der Waals surface area contributed by atoms with Gasteiger partial charge in [-0.15, -0.1) is 0 Å². The van der Waals surface area contributed by atoms with Gasteiger partial charge in [0, 0.05) is 61.3 Å². The standard InChI is InChI=1S/C33H44N6O6/c1-10-43-31(40)28-24-14-23(38-16-19(2)39(20(3)17-38)32(41)45-33(5,6)7)11-12-26(24)36-30(37-28)25-13-22(15-35-8)27(34)21(4)29(25)44-18-42-9/h11-15,19-20H,10,16-18,34H2,1-9H3/t19-,20-/m0/s1. The van der Waals surface area contributed by atoms with Crippen LogP contribution in [-0.2, 0) is 14.2 Å². The highest BCUT2D eigenvalue weighted by molar-refractivity contribution is 6.03. The smallest absolute Gasteiger partial charge is 0.410 e. The maximum absolute atomic E-state index is 13.3. The normalized spacial score (nSPS) is 17.2. The van der Waals surface area contributed by atoms with E-state index in [0.717, 1.165) is 5.69 Å². The molecule has 1 aromatic heterocycles. The van der Waals surface area contributed by atoms with E-state index in [9.17, 15) is 9.59 Å². The van der Waals surface area contributed by atoms with Crippen molar-refractivity contribution in [3.8, 4) is 17.1 Å². The van der Waals surface area contributed by atoms with Crippen molar-refractivity contribution < 1.29 is 28.5 Å². The van der Waals surface area contributed by atoms with Crippen LogP contribution in [-0.4, -0.2) is 91.5 Å². The van der Waals surface area contributed by atoms with E-state index in [0.29, 0.717) is 52.1 Å². The average Bonchev–Trinajstić information content (AvgIpc) is 2.97. The Morgan fingerprint density at radius 2 is 1.82 bits per heavy atom. The summed E-state index contributed by atoms with van der Waals surface area (Å²) in [5.74, 6) is 0.146. The quantitative estimate of drug-likeness (QED) is 0.154. The number of nitrogens with zero attached hydrogens (tertiary/aromatic N) is 5. The van der Waals surface area contributed by atoms with Crippen LogP contribution in [0.25, 0.3) is 22.3 Å². The summed E-state index contributed by atoms with van der Waals surface area (Å²) in [6, 6.07) is 7.30. The van der Waals surface area contributed by atoms with Crippen LogP contribution in [0.2, 0.25) is 0 Å². The van der Waals surface area contributed by atoms with Gasteiger partial charge in [0.15, 0.2) is 18.3 Å². The molecule has 0 unspecified atom stereocenters. The van der Waals surface area contributed by atoms with Crippen molar-refractivity contribution in [3.05, 3.63) is 41.1 Å². The van der Waals surface area contributed by atoms with Crippen LogP contribution < -0.4 is 15.4 Å². The lowest BCUT2D eigenvalue weighted by molar-refractivity contribution is 0.00563. The van der Waals surface area contributed by atoms with Gasteiger partial charge in [-0.3, -0.25) is 9.89 Å². The van der Waals surface area contributed by atoms with Gasteiger partial charge in [0.2, 0.25) is 0 Å². The number of anilines is 2. The summed E-state index contributed by atoms with van der Waals surface area (Å²) in [5.41, 5.74) is 9.75. The van der Waals surface area contributed by atoms with Crippen molar-refractivity contribution in [2.24, 2.45) is 4.99 Å². The van der Waals surface area contributed by atoms with Gasteiger partial charge in [0.25, 0.3) is 0 Å². The lowest BCUT2D eigenvalue weighted by Gasteiger charge is -2.45. The molecule has 2 atom stereocenters. The zero-order valence-electron chi connectivity index (χ0n) is 27.6. The molecule has 1 fully saturated rings. The molecule has 2 aromatic carbocycles. The summed E-state index contributed by atoms with van der Waals surface area (Å²) in [6.07, 6.45) is 1.32. The minimum atomic E-state index is -0.582. The first kappa shape index (κ1) is 33.4. The molecule has 0 aliphatic carbocycles. The number of piperazine rings is 1. The summed E-state index contributed by atoms with van der Waals surface area (Å²) in [5, 5.41) is 0.548. The number of rotatable bonds is 8. The van der Waals surface area contributed by atoms with Crippen LogP contribution in [0.5, 0.6) is 5.75 Å². The minimum Gasteiger partial charge on any atom is -0.466 e. The summed E-state index contributed by atoms with van der Waals surface area (Å²) in [6.45, 7) is 14.5. The van der Waals surface area contributed by atoms with Crippen molar-refractivity contribution in [2.75, 3.05) is 51.3 Å². The second-order valence-electron chi connectivity index (χ2n) is 12.1. The van der Waals surface area contributed by atoms with Gasteiger partial charge < -0.3 is 29.6 Å². The van der Waals surface area contributed by atoms with E-state index in [4.69, 9.17) is 34.6 Å². The number of ether oxygens (including phenoxy) is 4. The fourth-order valence-corrected chi connectivity index (χ4v) is 5.55. The Morgan fingerprint density at radius 1 is 1.13 bits per heavy atom. The number of methoxy groups -OCH3 is 1. The van der Waals surface area contributed by atoms with Crippen LogP contribution in [0.15, 0.2) is 29.3 Å². The maximum atomic E-state index is 13.3. The molecule has 2 heterocycles. The predicted octanol–water partition coefficient (Wildman–Crippen LogP) is 5.23. The first-order chi connectivity index (χ1) is 21.3. The molecule has 0 spiro atoms. The van der Waals surface area contributed by atoms with E-state index in [2.05, 4.69) is 9.89 Å². The monoisotopic (exact) mass is 620 g/mol. The lowest BCUT2D eigenvalue weighted by Crippen LogP contribution is -2.59. The molecular weight excluding hydrogens is 576 g/mol. The Hall–Kier alpha value is -4.45. The Labute approximate surface area is 264 Å². The Kier molecular flexibility index (Phi) is 10.2. The summed E-state index contributed by atoms with van der Waals surface area (Å²) < 4.78 is 22.2. The average molecular weight is 621 g/mol. The number of nitrogens with two attached hydrogens (primary N) is 1. The molecular formula is C33H44N6O6. The van der Waals surface area contributed by atoms with Crippen LogP contribution in [0.1, 0.15) is 63.2 Å². The molecule has 4 rings (SSSR count). The highest BCUT2D eigenvalue weighted by atomic mass is 16.7. The number of benzene rings is 2. The second kappa shape index (κ2) is 13.7. The molecule has 1 saturated heterocycles. The molecule has 12 nitrogen and oxygen atoms in total. The maximum Gasteiger partial charge on any atom is 0.410 e. The van der Waals surface area contributed by atoms with Crippen LogP contribution in [0.3, 0.4) is 0 Å². The first-order valence-electron chi connectivity index (χ1n) is 15.0. The number of aliphatic imine (C=N–C) groups is 1. The highest BCUT2D eigenvalue weighted by Gasteiger charge is 2.36. The SMILES string of the molecule is CCOC(=O)c1nc(-c2cc(C=NC)c(N)c(C)c2OCOC)nc2ccc(N3C[C@H](C)N(C(=O)OC(C)(C)C)[C@@H](C)C3)cc12. The number of nitrogen functional groups attached to an aromatic ring is 1. The fraction of sp³-hybridized carbons (Fsp3) is 0.485. The molecule has 1 aliphatic heterocycles.